The Kier molecular flexibility index (Phi) is 3.89. The molecule has 0 saturated carbocycles. The number of nitrogens with one attached hydrogen (secondary N) is 1. The maximum Gasteiger partial charge on any atom is 0.419 e. The monoisotopic (exact) mass is 312 g/mol. The van der Waals surface area contributed by atoms with Gasteiger partial charge in [-0.2, -0.15) is 0 Å². The lowest BCUT2D eigenvalue weighted by Gasteiger charge is -2.09. The molecule has 3 aromatic rings. The minimum absolute atomic E-state index is 0.174. The van der Waals surface area contributed by atoms with Gasteiger partial charge in [0.05, 0.1) is 19.0 Å². The van der Waals surface area contributed by atoms with Gasteiger partial charge in [-0.15, -0.1) is 0 Å². The number of aromatic nitrogens is 1. The van der Waals surface area contributed by atoms with Gasteiger partial charge in [0.2, 0.25) is 5.91 Å². The van der Waals surface area contributed by atoms with Crippen molar-refractivity contribution in [3.63, 3.8) is 0 Å². The number of fused-ring (bicyclic) bond motifs is 1. The van der Waals surface area contributed by atoms with E-state index in [0.29, 0.717) is 22.5 Å². The van der Waals surface area contributed by atoms with Crippen LogP contribution in [0, 0.1) is 0 Å². The van der Waals surface area contributed by atoms with Gasteiger partial charge in [-0.1, -0.05) is 18.2 Å². The first-order valence-corrected chi connectivity index (χ1v) is 7.10. The fourth-order valence-electron chi connectivity index (χ4n) is 2.44. The summed E-state index contributed by atoms with van der Waals surface area (Å²) in [5, 5.41) is 2.80. The second-order valence-corrected chi connectivity index (χ2v) is 5.15. The zero-order chi connectivity index (χ0) is 16.4. The van der Waals surface area contributed by atoms with E-state index in [1.807, 2.05) is 24.3 Å². The first kappa shape index (κ1) is 14.9. The number of aryl methyl sites for hydroxylation is 1. The molecule has 1 amide bonds. The summed E-state index contributed by atoms with van der Waals surface area (Å²) < 4.78 is 11.8. The zero-order valence-corrected chi connectivity index (χ0v) is 12.8. The minimum Gasteiger partial charge on any atom is -0.496 e. The number of rotatable bonds is 4. The lowest BCUT2D eigenvalue weighted by atomic mass is 10.1. The number of nitrogens with zero attached hydrogens (tertiary/aromatic N) is 1. The van der Waals surface area contributed by atoms with Gasteiger partial charge in [0.1, 0.15) is 5.75 Å². The number of oxazole rings is 1. The summed E-state index contributed by atoms with van der Waals surface area (Å²) >= 11 is 0. The van der Waals surface area contributed by atoms with Gasteiger partial charge in [0.25, 0.3) is 0 Å². The Labute approximate surface area is 132 Å². The number of anilines is 1. The molecule has 6 heteroatoms. The first-order valence-electron chi connectivity index (χ1n) is 7.10. The lowest BCUT2D eigenvalue weighted by molar-refractivity contribution is -0.115. The standard InChI is InChI=1S/C17H16N2O4/c1-19-13-8-7-12(10-15(13)23-17(19)21)18-16(20)9-11-5-3-4-6-14(11)22-2/h3-8,10H,9H2,1-2H3,(H,18,20). The molecular weight excluding hydrogens is 296 g/mol. The van der Waals surface area contributed by atoms with Crippen molar-refractivity contribution in [2.45, 2.75) is 6.42 Å². The Morgan fingerprint density at radius 1 is 1.26 bits per heavy atom. The van der Waals surface area contributed by atoms with Crippen LogP contribution in [0.1, 0.15) is 5.56 Å². The van der Waals surface area contributed by atoms with Crippen LogP contribution >= 0.6 is 0 Å². The normalized spacial score (nSPS) is 10.7. The fourth-order valence-corrected chi connectivity index (χ4v) is 2.44. The molecule has 118 valence electrons. The van der Waals surface area contributed by atoms with Crippen LogP contribution in [0.4, 0.5) is 5.69 Å². The summed E-state index contributed by atoms with van der Waals surface area (Å²) in [6.45, 7) is 0. The molecule has 6 nitrogen and oxygen atoms in total. The molecule has 1 aromatic heterocycles. The van der Waals surface area contributed by atoms with Crippen molar-refractivity contribution in [1.82, 2.24) is 4.57 Å². The van der Waals surface area contributed by atoms with E-state index in [4.69, 9.17) is 9.15 Å². The third-order valence-corrected chi connectivity index (χ3v) is 3.62. The summed E-state index contributed by atoms with van der Waals surface area (Å²) in [5.41, 5.74) is 2.50. The van der Waals surface area contributed by atoms with Crippen molar-refractivity contribution < 1.29 is 13.9 Å². The molecule has 0 unspecified atom stereocenters. The largest absolute Gasteiger partial charge is 0.496 e. The summed E-state index contributed by atoms with van der Waals surface area (Å²) in [6, 6.07) is 12.5. The van der Waals surface area contributed by atoms with Crippen LogP contribution in [0.5, 0.6) is 5.75 Å². The van der Waals surface area contributed by atoms with Crippen LogP contribution in [0.3, 0.4) is 0 Å². The quantitative estimate of drug-likeness (QED) is 0.802. The molecular formula is C17H16N2O4. The number of ether oxygens (including phenoxy) is 1. The van der Waals surface area contributed by atoms with Gasteiger partial charge in [-0.3, -0.25) is 9.36 Å². The Morgan fingerprint density at radius 3 is 2.83 bits per heavy atom. The zero-order valence-electron chi connectivity index (χ0n) is 12.8. The molecule has 0 bridgehead atoms. The van der Waals surface area contributed by atoms with E-state index in [1.165, 1.54) is 4.57 Å². The van der Waals surface area contributed by atoms with Gasteiger partial charge in [0, 0.05) is 24.4 Å². The number of hydrogen-bond donors (Lipinski definition) is 1. The molecule has 0 aliphatic carbocycles. The van der Waals surface area contributed by atoms with Gasteiger partial charge in [0.15, 0.2) is 5.58 Å². The Balaban J connectivity index is 1.79. The van der Waals surface area contributed by atoms with Crippen molar-refractivity contribution in [2.75, 3.05) is 12.4 Å². The second kappa shape index (κ2) is 6.00. The van der Waals surface area contributed by atoms with E-state index < -0.39 is 5.76 Å². The molecule has 23 heavy (non-hydrogen) atoms. The molecule has 1 N–H and O–H groups in total. The van der Waals surface area contributed by atoms with Crippen LogP contribution in [-0.2, 0) is 18.3 Å². The maximum absolute atomic E-state index is 12.2. The summed E-state index contributed by atoms with van der Waals surface area (Å²) in [5.74, 6) is 0.0665. The average Bonchev–Trinajstić information content (AvgIpc) is 2.82. The van der Waals surface area contributed by atoms with Crippen molar-refractivity contribution in [2.24, 2.45) is 7.05 Å². The third kappa shape index (κ3) is 2.96. The topological polar surface area (TPSA) is 73.5 Å². The Hall–Kier alpha value is -3.02. The molecule has 0 spiro atoms. The number of amides is 1. The van der Waals surface area contributed by atoms with E-state index >= 15 is 0 Å². The van der Waals surface area contributed by atoms with Crippen LogP contribution in [0.25, 0.3) is 11.1 Å². The number of hydrogen-bond acceptors (Lipinski definition) is 4. The third-order valence-electron chi connectivity index (χ3n) is 3.62. The van der Waals surface area contributed by atoms with Gasteiger partial charge in [-0.05, 0) is 18.2 Å². The Bertz CT molecular complexity index is 924. The molecule has 0 aliphatic rings. The van der Waals surface area contributed by atoms with Gasteiger partial charge >= 0.3 is 5.76 Å². The maximum atomic E-state index is 12.2. The fraction of sp³-hybridized carbons (Fsp3) is 0.176. The summed E-state index contributed by atoms with van der Waals surface area (Å²) in [4.78, 5) is 23.7. The molecule has 0 atom stereocenters. The highest BCUT2D eigenvalue weighted by Gasteiger charge is 2.10. The number of carbonyl (C=O) groups is 1. The molecule has 0 radical (unpaired) electrons. The summed E-state index contributed by atoms with van der Waals surface area (Å²) in [6.07, 6.45) is 0.195. The highest BCUT2D eigenvalue weighted by Crippen LogP contribution is 2.20. The lowest BCUT2D eigenvalue weighted by Crippen LogP contribution is -2.14. The molecule has 3 rings (SSSR count). The SMILES string of the molecule is COc1ccccc1CC(=O)Nc1ccc2c(c1)oc(=O)n2C. The van der Waals surface area contributed by atoms with Crippen LogP contribution in [0.2, 0.25) is 0 Å². The van der Waals surface area contributed by atoms with Crippen molar-refractivity contribution >= 4 is 22.7 Å². The highest BCUT2D eigenvalue weighted by molar-refractivity contribution is 5.94. The van der Waals surface area contributed by atoms with E-state index in [2.05, 4.69) is 5.32 Å². The van der Waals surface area contributed by atoms with Gasteiger partial charge in [-0.25, -0.2) is 4.79 Å². The van der Waals surface area contributed by atoms with Crippen LogP contribution < -0.4 is 15.8 Å². The molecule has 2 aromatic carbocycles. The molecule has 1 heterocycles. The number of methoxy groups -OCH3 is 1. The summed E-state index contributed by atoms with van der Waals surface area (Å²) in [7, 11) is 3.20. The van der Waals surface area contributed by atoms with Crippen molar-refractivity contribution in [1.29, 1.82) is 0 Å². The van der Waals surface area contributed by atoms with E-state index in [1.54, 1.807) is 32.4 Å². The van der Waals surface area contributed by atoms with Crippen LogP contribution in [-0.4, -0.2) is 17.6 Å². The highest BCUT2D eigenvalue weighted by atomic mass is 16.5. The molecule has 0 saturated heterocycles. The smallest absolute Gasteiger partial charge is 0.419 e. The average molecular weight is 312 g/mol. The predicted octanol–water partition coefficient (Wildman–Crippen LogP) is 2.32. The van der Waals surface area contributed by atoms with E-state index in [0.717, 1.165) is 5.56 Å². The second-order valence-electron chi connectivity index (χ2n) is 5.15. The number of carbonyl (C=O) groups excluding carboxylic acids is 1. The number of benzene rings is 2. The van der Waals surface area contributed by atoms with E-state index in [9.17, 15) is 9.59 Å². The number of para-hydroxylation sites is 1. The van der Waals surface area contributed by atoms with Crippen molar-refractivity contribution in [3.8, 4) is 5.75 Å². The first-order chi connectivity index (χ1) is 11.1. The van der Waals surface area contributed by atoms with Crippen LogP contribution in [0.15, 0.2) is 51.7 Å². The minimum atomic E-state index is -0.433. The molecule has 0 aliphatic heterocycles. The molecule has 0 fully saturated rings. The van der Waals surface area contributed by atoms with Crippen molar-refractivity contribution in [3.05, 3.63) is 58.6 Å². The van der Waals surface area contributed by atoms with E-state index in [-0.39, 0.29) is 12.3 Å². The Morgan fingerprint density at radius 2 is 2.04 bits per heavy atom. The predicted molar refractivity (Wildman–Crippen MR) is 86.8 cm³/mol. The van der Waals surface area contributed by atoms with Gasteiger partial charge < -0.3 is 14.5 Å².